The van der Waals surface area contributed by atoms with Crippen molar-refractivity contribution in [2.45, 2.75) is 31.7 Å². The molecule has 0 radical (unpaired) electrons. The molecule has 0 saturated carbocycles. The van der Waals surface area contributed by atoms with Gasteiger partial charge in [-0.1, -0.05) is 0 Å². The van der Waals surface area contributed by atoms with Crippen LogP contribution in [-0.2, 0) is 18.3 Å². The Kier molecular flexibility index (Phi) is 5.34. The molecule has 1 saturated heterocycles. The maximum Gasteiger partial charge on any atom is 0.220 e. The molecule has 2 aromatic heterocycles. The van der Waals surface area contributed by atoms with Gasteiger partial charge in [-0.15, -0.1) is 0 Å². The number of piperidine rings is 1. The largest absolute Gasteiger partial charge is 0.355 e. The van der Waals surface area contributed by atoms with E-state index in [-0.39, 0.29) is 11.9 Å². The van der Waals surface area contributed by atoms with Crippen LogP contribution in [0.3, 0.4) is 0 Å². The molecule has 130 valence electrons. The van der Waals surface area contributed by atoms with E-state index in [4.69, 9.17) is 0 Å². The highest BCUT2D eigenvalue weighted by Gasteiger charge is 2.22. The number of anilines is 1. The van der Waals surface area contributed by atoms with Gasteiger partial charge in [-0.25, -0.2) is 4.98 Å². The minimum absolute atomic E-state index is 0.107. The maximum atomic E-state index is 12.2. The number of aromatic nitrogens is 2. The molecular formula is C19H23N5O. The van der Waals surface area contributed by atoms with Crippen LogP contribution in [0.2, 0.25) is 0 Å². The van der Waals surface area contributed by atoms with E-state index in [1.807, 2.05) is 29.9 Å². The van der Waals surface area contributed by atoms with E-state index in [1.165, 1.54) is 5.69 Å². The summed E-state index contributed by atoms with van der Waals surface area (Å²) in [6.07, 6.45) is 6.73. The molecule has 1 aliphatic heterocycles. The summed E-state index contributed by atoms with van der Waals surface area (Å²) in [4.78, 5) is 18.6. The van der Waals surface area contributed by atoms with Crippen LogP contribution in [0.1, 0.15) is 30.5 Å². The number of amides is 1. The lowest BCUT2D eigenvalue weighted by atomic mass is 10.0. The van der Waals surface area contributed by atoms with Crippen LogP contribution < -0.4 is 10.2 Å². The van der Waals surface area contributed by atoms with Gasteiger partial charge < -0.3 is 14.8 Å². The summed E-state index contributed by atoms with van der Waals surface area (Å²) in [6.45, 7) is 1.60. The zero-order valence-electron chi connectivity index (χ0n) is 14.5. The predicted molar refractivity (Wildman–Crippen MR) is 96.1 cm³/mol. The fourth-order valence-corrected chi connectivity index (χ4v) is 3.27. The van der Waals surface area contributed by atoms with Crippen LogP contribution in [0.15, 0.2) is 36.7 Å². The monoisotopic (exact) mass is 337 g/mol. The smallest absolute Gasteiger partial charge is 0.220 e. The second-order valence-electron chi connectivity index (χ2n) is 6.43. The summed E-state index contributed by atoms with van der Waals surface area (Å²) in [6, 6.07) is 10.0. The Labute approximate surface area is 148 Å². The molecule has 1 fully saturated rings. The summed E-state index contributed by atoms with van der Waals surface area (Å²) in [7, 11) is 2.00. The van der Waals surface area contributed by atoms with Crippen LogP contribution in [-0.4, -0.2) is 34.6 Å². The van der Waals surface area contributed by atoms with E-state index in [9.17, 15) is 10.1 Å². The molecule has 0 bridgehead atoms. The number of nitrogens with one attached hydrogen (secondary N) is 1. The van der Waals surface area contributed by atoms with Gasteiger partial charge in [-0.3, -0.25) is 4.79 Å². The second kappa shape index (κ2) is 7.84. The van der Waals surface area contributed by atoms with Crippen molar-refractivity contribution >= 4 is 11.7 Å². The number of hydrogen-bond donors (Lipinski definition) is 1. The highest BCUT2D eigenvalue weighted by molar-refractivity contribution is 5.76. The normalized spacial score (nSPS) is 15.0. The number of pyridine rings is 1. The molecule has 0 aromatic carbocycles. The first-order valence-corrected chi connectivity index (χ1v) is 8.67. The quantitative estimate of drug-likeness (QED) is 0.906. The number of hydrogen-bond acceptors (Lipinski definition) is 4. The van der Waals surface area contributed by atoms with Crippen molar-refractivity contribution in [3.63, 3.8) is 0 Å². The van der Waals surface area contributed by atoms with E-state index in [1.54, 1.807) is 18.3 Å². The van der Waals surface area contributed by atoms with Crippen molar-refractivity contribution in [3.05, 3.63) is 47.9 Å². The van der Waals surface area contributed by atoms with E-state index in [2.05, 4.69) is 21.3 Å². The Hall–Kier alpha value is -2.81. The number of rotatable bonds is 5. The first-order valence-electron chi connectivity index (χ1n) is 8.67. The highest BCUT2D eigenvalue weighted by atomic mass is 16.1. The Balaban J connectivity index is 1.47. The minimum Gasteiger partial charge on any atom is -0.355 e. The van der Waals surface area contributed by atoms with Crippen LogP contribution >= 0.6 is 0 Å². The molecule has 1 aliphatic rings. The molecule has 0 unspecified atom stereocenters. The number of nitriles is 1. The van der Waals surface area contributed by atoms with Crippen LogP contribution in [0, 0.1) is 11.3 Å². The van der Waals surface area contributed by atoms with Crippen molar-refractivity contribution in [2.24, 2.45) is 7.05 Å². The molecule has 1 amide bonds. The first kappa shape index (κ1) is 17.0. The Morgan fingerprint density at radius 1 is 1.36 bits per heavy atom. The van der Waals surface area contributed by atoms with Crippen molar-refractivity contribution in [1.82, 2.24) is 14.9 Å². The topological polar surface area (TPSA) is 74.0 Å². The van der Waals surface area contributed by atoms with E-state index >= 15 is 0 Å². The second-order valence-corrected chi connectivity index (χ2v) is 6.43. The van der Waals surface area contributed by atoms with Crippen molar-refractivity contribution in [3.8, 4) is 6.07 Å². The molecule has 6 heteroatoms. The maximum absolute atomic E-state index is 12.2. The predicted octanol–water partition coefficient (Wildman–Crippen LogP) is 2.01. The van der Waals surface area contributed by atoms with Gasteiger partial charge in [-0.05, 0) is 43.5 Å². The van der Waals surface area contributed by atoms with Gasteiger partial charge in [0.05, 0.1) is 5.56 Å². The Morgan fingerprint density at radius 2 is 2.16 bits per heavy atom. The van der Waals surface area contributed by atoms with E-state index in [0.29, 0.717) is 12.0 Å². The molecule has 2 aromatic rings. The molecule has 3 rings (SSSR count). The van der Waals surface area contributed by atoms with E-state index < -0.39 is 0 Å². The van der Waals surface area contributed by atoms with Crippen molar-refractivity contribution in [1.29, 1.82) is 5.26 Å². The number of nitrogens with zero attached hydrogens (tertiary/aromatic N) is 4. The van der Waals surface area contributed by atoms with Gasteiger partial charge in [0.2, 0.25) is 5.91 Å². The number of aryl methyl sites for hydroxylation is 2. The lowest BCUT2D eigenvalue weighted by molar-refractivity contribution is -0.121. The summed E-state index contributed by atoms with van der Waals surface area (Å²) in [5, 5.41) is 12.3. The van der Waals surface area contributed by atoms with Gasteiger partial charge in [0.15, 0.2) is 0 Å². The van der Waals surface area contributed by atoms with Crippen LogP contribution in [0.25, 0.3) is 0 Å². The third kappa shape index (κ3) is 4.18. The summed E-state index contributed by atoms with van der Waals surface area (Å²) < 4.78 is 2.05. The average Bonchev–Trinajstić information content (AvgIpc) is 3.05. The lowest BCUT2D eigenvalue weighted by Crippen LogP contribution is -2.45. The molecular weight excluding hydrogens is 314 g/mol. The first-order chi connectivity index (χ1) is 12.2. The number of carbonyl (C=O) groups is 1. The molecule has 0 aliphatic carbocycles. The summed E-state index contributed by atoms with van der Waals surface area (Å²) >= 11 is 0. The van der Waals surface area contributed by atoms with Gasteiger partial charge in [0.1, 0.15) is 11.9 Å². The van der Waals surface area contributed by atoms with Crippen LogP contribution in [0.4, 0.5) is 5.82 Å². The van der Waals surface area contributed by atoms with Gasteiger partial charge in [-0.2, -0.15) is 5.26 Å². The summed E-state index contributed by atoms with van der Waals surface area (Å²) in [5.74, 6) is 0.855. The van der Waals surface area contributed by atoms with Crippen molar-refractivity contribution in [2.75, 3.05) is 18.0 Å². The molecule has 1 N–H and O–H groups in total. The number of carbonyl (C=O) groups excluding carboxylic acids is 1. The zero-order valence-corrected chi connectivity index (χ0v) is 14.5. The third-order valence-electron chi connectivity index (χ3n) is 4.73. The van der Waals surface area contributed by atoms with Gasteiger partial charge in [0, 0.05) is 50.7 Å². The fourth-order valence-electron chi connectivity index (χ4n) is 3.27. The van der Waals surface area contributed by atoms with Gasteiger partial charge in [0.25, 0.3) is 0 Å². The molecule has 3 heterocycles. The standard InChI is InChI=1S/C19H23N5O/c1-23-11-3-5-17(23)6-7-18(25)22-16-8-12-24(13-9-16)19-15(14-20)4-2-10-21-19/h2-5,10-11,16H,6-9,12-13H2,1H3,(H,22,25). The Bertz CT molecular complexity index is 768. The minimum atomic E-state index is 0.107. The summed E-state index contributed by atoms with van der Waals surface area (Å²) in [5.41, 5.74) is 1.77. The molecule has 0 atom stereocenters. The molecule has 0 spiro atoms. The van der Waals surface area contributed by atoms with Crippen molar-refractivity contribution < 1.29 is 4.79 Å². The SMILES string of the molecule is Cn1cccc1CCC(=O)NC1CCN(c2ncccc2C#N)CC1. The molecule has 25 heavy (non-hydrogen) atoms. The Morgan fingerprint density at radius 3 is 2.84 bits per heavy atom. The molecule has 6 nitrogen and oxygen atoms in total. The zero-order chi connectivity index (χ0) is 17.6. The highest BCUT2D eigenvalue weighted by Crippen LogP contribution is 2.21. The third-order valence-corrected chi connectivity index (χ3v) is 4.73. The van der Waals surface area contributed by atoms with E-state index in [0.717, 1.165) is 38.2 Å². The average molecular weight is 337 g/mol. The van der Waals surface area contributed by atoms with Gasteiger partial charge >= 0.3 is 0 Å². The fraction of sp³-hybridized carbons (Fsp3) is 0.421. The lowest BCUT2D eigenvalue weighted by Gasteiger charge is -2.33. The van der Waals surface area contributed by atoms with Crippen LogP contribution in [0.5, 0.6) is 0 Å².